The van der Waals surface area contributed by atoms with E-state index in [4.69, 9.17) is 10.5 Å². The van der Waals surface area contributed by atoms with Crippen LogP contribution in [0.25, 0.3) is 0 Å². The molecule has 1 amide bonds. The zero-order valence-corrected chi connectivity index (χ0v) is 16.4. The SMILES string of the molecule is CCCOc1ccc(CNC(=O)[C@@H](N)Cc2ccccc2)c(OC(F)F)c1.Cl. The minimum absolute atomic E-state index is 0. The summed E-state index contributed by atoms with van der Waals surface area (Å²) in [5.41, 5.74) is 7.29. The third kappa shape index (κ3) is 7.70. The molecule has 0 unspecified atom stereocenters. The first-order chi connectivity index (χ1) is 13.0. The van der Waals surface area contributed by atoms with Crippen LogP contribution in [0, 0.1) is 0 Å². The predicted octanol–water partition coefficient (Wildman–Crippen LogP) is 3.68. The summed E-state index contributed by atoms with van der Waals surface area (Å²) in [5, 5.41) is 2.67. The van der Waals surface area contributed by atoms with Crippen LogP contribution >= 0.6 is 12.4 Å². The fourth-order valence-corrected chi connectivity index (χ4v) is 2.47. The Bertz CT molecular complexity index is 733. The van der Waals surface area contributed by atoms with E-state index in [0.717, 1.165) is 12.0 Å². The normalized spacial score (nSPS) is 11.5. The summed E-state index contributed by atoms with van der Waals surface area (Å²) >= 11 is 0. The molecule has 2 rings (SSSR count). The fourth-order valence-electron chi connectivity index (χ4n) is 2.47. The molecule has 2 aromatic rings. The molecule has 0 aliphatic heterocycles. The largest absolute Gasteiger partial charge is 0.493 e. The topological polar surface area (TPSA) is 73.6 Å². The maximum atomic E-state index is 12.7. The summed E-state index contributed by atoms with van der Waals surface area (Å²) < 4.78 is 35.4. The molecule has 5 nitrogen and oxygen atoms in total. The standard InChI is InChI=1S/C20H24F2N2O3.ClH/c1-2-10-26-16-9-8-15(18(12-16)27-20(21)22)13-24-19(25)17(23)11-14-6-4-3-5-7-14;/h3-9,12,17,20H,2,10-11,13,23H2,1H3,(H,24,25);1H/t17-;/m0./s1. The van der Waals surface area contributed by atoms with Crippen molar-refractivity contribution in [3.8, 4) is 11.5 Å². The van der Waals surface area contributed by atoms with Gasteiger partial charge in [0, 0.05) is 18.2 Å². The lowest BCUT2D eigenvalue weighted by Gasteiger charge is -2.16. The molecule has 8 heteroatoms. The average Bonchev–Trinajstić information content (AvgIpc) is 2.65. The fraction of sp³-hybridized carbons (Fsp3) is 0.350. The van der Waals surface area contributed by atoms with Gasteiger partial charge in [-0.15, -0.1) is 12.4 Å². The molecule has 0 spiro atoms. The third-order valence-electron chi connectivity index (χ3n) is 3.82. The predicted molar refractivity (Wildman–Crippen MR) is 106 cm³/mol. The number of ether oxygens (including phenoxy) is 2. The van der Waals surface area contributed by atoms with Crippen molar-refractivity contribution < 1.29 is 23.0 Å². The van der Waals surface area contributed by atoms with Crippen LogP contribution in [0.2, 0.25) is 0 Å². The summed E-state index contributed by atoms with van der Waals surface area (Å²) in [6.45, 7) is -0.531. The van der Waals surface area contributed by atoms with E-state index < -0.39 is 12.7 Å². The Labute approximate surface area is 169 Å². The number of carbonyl (C=O) groups is 1. The molecule has 154 valence electrons. The quantitative estimate of drug-likeness (QED) is 0.622. The zero-order valence-electron chi connectivity index (χ0n) is 15.6. The van der Waals surface area contributed by atoms with Crippen LogP contribution in [0.4, 0.5) is 8.78 Å². The van der Waals surface area contributed by atoms with Crippen molar-refractivity contribution in [2.24, 2.45) is 5.73 Å². The Balaban J connectivity index is 0.00000392. The molecular weight excluding hydrogens is 390 g/mol. The van der Waals surface area contributed by atoms with Crippen molar-refractivity contribution in [2.75, 3.05) is 6.61 Å². The molecule has 0 bridgehead atoms. The van der Waals surface area contributed by atoms with Gasteiger partial charge in [-0.1, -0.05) is 37.3 Å². The molecule has 0 fully saturated rings. The van der Waals surface area contributed by atoms with E-state index in [1.807, 2.05) is 37.3 Å². The molecule has 0 saturated heterocycles. The first-order valence-electron chi connectivity index (χ1n) is 8.77. The van der Waals surface area contributed by atoms with E-state index in [0.29, 0.717) is 24.3 Å². The first-order valence-corrected chi connectivity index (χ1v) is 8.77. The Morgan fingerprint density at radius 2 is 1.89 bits per heavy atom. The Kier molecular flexibility index (Phi) is 10.3. The van der Waals surface area contributed by atoms with Gasteiger partial charge in [0.25, 0.3) is 0 Å². The van der Waals surface area contributed by atoms with Gasteiger partial charge in [0.2, 0.25) is 5.91 Å². The van der Waals surface area contributed by atoms with Gasteiger partial charge in [0.05, 0.1) is 12.6 Å². The van der Waals surface area contributed by atoms with Crippen LogP contribution in [0.1, 0.15) is 24.5 Å². The molecule has 3 N–H and O–H groups in total. The minimum Gasteiger partial charge on any atom is -0.493 e. The number of amides is 1. The van der Waals surface area contributed by atoms with Gasteiger partial charge in [-0.25, -0.2) is 0 Å². The molecule has 2 aromatic carbocycles. The van der Waals surface area contributed by atoms with E-state index >= 15 is 0 Å². The van der Waals surface area contributed by atoms with Crippen LogP contribution in [-0.4, -0.2) is 25.2 Å². The number of rotatable bonds is 10. The Morgan fingerprint density at radius 1 is 1.18 bits per heavy atom. The zero-order chi connectivity index (χ0) is 19.6. The summed E-state index contributed by atoms with van der Waals surface area (Å²) in [7, 11) is 0. The van der Waals surface area contributed by atoms with Gasteiger partial charge in [-0.3, -0.25) is 4.79 Å². The highest BCUT2D eigenvalue weighted by atomic mass is 35.5. The second-order valence-electron chi connectivity index (χ2n) is 6.01. The minimum atomic E-state index is -2.97. The first kappa shape index (κ1) is 23.7. The van der Waals surface area contributed by atoms with Crippen molar-refractivity contribution in [2.45, 2.75) is 39.0 Å². The van der Waals surface area contributed by atoms with Gasteiger partial charge >= 0.3 is 6.61 Å². The monoisotopic (exact) mass is 414 g/mol. The average molecular weight is 415 g/mol. The van der Waals surface area contributed by atoms with Gasteiger partial charge < -0.3 is 20.5 Å². The highest BCUT2D eigenvalue weighted by Gasteiger charge is 2.16. The lowest BCUT2D eigenvalue weighted by atomic mass is 10.1. The molecule has 0 aromatic heterocycles. The van der Waals surface area contributed by atoms with Crippen LogP contribution < -0.4 is 20.5 Å². The number of carbonyl (C=O) groups excluding carboxylic acids is 1. The van der Waals surface area contributed by atoms with Crippen LogP contribution in [0.3, 0.4) is 0 Å². The van der Waals surface area contributed by atoms with Crippen molar-refractivity contribution in [3.05, 3.63) is 59.7 Å². The molecule has 0 aliphatic rings. The number of benzene rings is 2. The lowest BCUT2D eigenvalue weighted by molar-refractivity contribution is -0.122. The van der Waals surface area contributed by atoms with E-state index in [2.05, 4.69) is 10.1 Å². The summed E-state index contributed by atoms with van der Waals surface area (Å²) in [5.74, 6) is 0.0343. The summed E-state index contributed by atoms with van der Waals surface area (Å²) in [4.78, 5) is 12.2. The number of halogens is 3. The smallest absolute Gasteiger partial charge is 0.387 e. The van der Waals surface area contributed by atoms with Gasteiger partial charge in [0.15, 0.2) is 0 Å². The molecule has 28 heavy (non-hydrogen) atoms. The molecule has 0 saturated carbocycles. The third-order valence-corrected chi connectivity index (χ3v) is 3.82. The molecule has 0 aliphatic carbocycles. The van der Waals surface area contributed by atoms with Crippen molar-refractivity contribution in [1.29, 1.82) is 0 Å². The maximum absolute atomic E-state index is 12.7. The highest BCUT2D eigenvalue weighted by Crippen LogP contribution is 2.26. The number of hydrogen-bond donors (Lipinski definition) is 2. The molecule has 0 radical (unpaired) electrons. The lowest BCUT2D eigenvalue weighted by Crippen LogP contribution is -2.41. The molecule has 1 atom stereocenters. The summed E-state index contributed by atoms with van der Waals surface area (Å²) in [6, 6.07) is 13.3. The Hall–Kier alpha value is -2.38. The molecule has 0 heterocycles. The van der Waals surface area contributed by atoms with E-state index in [-0.39, 0.29) is 30.6 Å². The maximum Gasteiger partial charge on any atom is 0.387 e. The number of nitrogens with two attached hydrogens (primary N) is 1. The number of nitrogens with one attached hydrogen (secondary N) is 1. The van der Waals surface area contributed by atoms with Crippen molar-refractivity contribution in [3.63, 3.8) is 0 Å². The van der Waals surface area contributed by atoms with E-state index in [9.17, 15) is 13.6 Å². The van der Waals surface area contributed by atoms with Crippen molar-refractivity contribution >= 4 is 18.3 Å². The second kappa shape index (κ2) is 12.2. The number of alkyl halides is 2. The number of hydrogen-bond acceptors (Lipinski definition) is 4. The van der Waals surface area contributed by atoms with Gasteiger partial charge in [-0.05, 0) is 30.5 Å². The van der Waals surface area contributed by atoms with E-state index in [1.165, 1.54) is 6.07 Å². The summed E-state index contributed by atoms with van der Waals surface area (Å²) in [6.07, 6.45) is 1.18. The van der Waals surface area contributed by atoms with E-state index in [1.54, 1.807) is 12.1 Å². The van der Waals surface area contributed by atoms with Gasteiger partial charge in [-0.2, -0.15) is 8.78 Å². The van der Waals surface area contributed by atoms with Crippen LogP contribution in [-0.2, 0) is 17.8 Å². The van der Waals surface area contributed by atoms with Crippen LogP contribution in [0.15, 0.2) is 48.5 Å². The van der Waals surface area contributed by atoms with Gasteiger partial charge in [0.1, 0.15) is 11.5 Å². The highest BCUT2D eigenvalue weighted by molar-refractivity contribution is 5.85. The van der Waals surface area contributed by atoms with Crippen LogP contribution in [0.5, 0.6) is 11.5 Å². The second-order valence-corrected chi connectivity index (χ2v) is 6.01. The molecular formula is C20H25ClF2N2O3. The Morgan fingerprint density at radius 3 is 2.54 bits per heavy atom. The van der Waals surface area contributed by atoms with Crippen molar-refractivity contribution in [1.82, 2.24) is 5.32 Å².